The van der Waals surface area contributed by atoms with Gasteiger partial charge < -0.3 is 10.3 Å². The summed E-state index contributed by atoms with van der Waals surface area (Å²) < 4.78 is 16.1. The summed E-state index contributed by atoms with van der Waals surface area (Å²) in [6.07, 6.45) is 2.78. The second kappa shape index (κ2) is 5.88. The van der Waals surface area contributed by atoms with Gasteiger partial charge >= 0.3 is 0 Å². The van der Waals surface area contributed by atoms with Crippen molar-refractivity contribution in [3.63, 3.8) is 0 Å². The molecule has 4 heteroatoms. The van der Waals surface area contributed by atoms with Crippen LogP contribution in [0.15, 0.2) is 48.7 Å². The lowest BCUT2D eigenvalue weighted by Crippen LogP contribution is -2.06. The summed E-state index contributed by atoms with van der Waals surface area (Å²) in [5.41, 5.74) is 8.56. The Labute approximate surface area is 127 Å². The van der Waals surface area contributed by atoms with Crippen LogP contribution in [0.2, 0.25) is 5.02 Å². The molecule has 0 amide bonds. The zero-order chi connectivity index (χ0) is 14.8. The minimum Gasteiger partial charge on any atom is -0.343 e. The zero-order valence-corrected chi connectivity index (χ0v) is 12.3. The zero-order valence-electron chi connectivity index (χ0n) is 11.5. The molecule has 0 saturated heterocycles. The summed E-state index contributed by atoms with van der Waals surface area (Å²) >= 11 is 5.85. The van der Waals surface area contributed by atoms with E-state index in [9.17, 15) is 4.39 Å². The highest BCUT2D eigenvalue weighted by molar-refractivity contribution is 6.30. The fourth-order valence-corrected chi connectivity index (χ4v) is 2.88. The summed E-state index contributed by atoms with van der Waals surface area (Å²) in [6.45, 7) is 1.05. The van der Waals surface area contributed by atoms with Gasteiger partial charge in [0.25, 0.3) is 0 Å². The van der Waals surface area contributed by atoms with Gasteiger partial charge in [-0.3, -0.25) is 0 Å². The van der Waals surface area contributed by atoms with Crippen molar-refractivity contribution in [2.45, 2.75) is 13.0 Å². The van der Waals surface area contributed by atoms with Gasteiger partial charge in [0.05, 0.1) is 17.1 Å². The van der Waals surface area contributed by atoms with E-state index in [1.54, 1.807) is 18.2 Å². The van der Waals surface area contributed by atoms with Crippen molar-refractivity contribution in [3.05, 3.63) is 70.6 Å². The molecule has 1 aromatic heterocycles. The molecule has 0 bridgehead atoms. The normalized spacial score (nSPS) is 11.2. The number of hydrogen-bond acceptors (Lipinski definition) is 1. The van der Waals surface area contributed by atoms with Crippen LogP contribution in [0.3, 0.4) is 0 Å². The highest BCUT2D eigenvalue weighted by atomic mass is 35.5. The summed E-state index contributed by atoms with van der Waals surface area (Å²) in [5.74, 6) is -0.350. The fraction of sp³-hybridized carbons (Fsp3) is 0.176. The molecular formula is C17H16ClFN2. The Hall–Kier alpha value is -1.84. The lowest BCUT2D eigenvalue weighted by atomic mass is 10.1. The number of hydrogen-bond donors (Lipinski definition) is 1. The molecule has 2 nitrogen and oxygen atoms in total. The van der Waals surface area contributed by atoms with Crippen LogP contribution in [-0.4, -0.2) is 11.1 Å². The minimum atomic E-state index is -0.350. The molecule has 0 saturated carbocycles. The van der Waals surface area contributed by atoms with Crippen molar-refractivity contribution < 1.29 is 4.39 Å². The molecule has 0 atom stereocenters. The first-order chi connectivity index (χ1) is 10.2. The van der Waals surface area contributed by atoms with Crippen molar-refractivity contribution in [1.29, 1.82) is 0 Å². The lowest BCUT2D eigenvalue weighted by Gasteiger charge is -2.11. The predicted molar refractivity (Wildman–Crippen MR) is 85.2 cm³/mol. The molecule has 0 unspecified atom stereocenters. The second-order valence-corrected chi connectivity index (χ2v) is 5.46. The van der Waals surface area contributed by atoms with Crippen molar-refractivity contribution in [2.24, 2.45) is 5.73 Å². The van der Waals surface area contributed by atoms with Crippen LogP contribution in [-0.2, 0) is 13.0 Å². The smallest absolute Gasteiger partial charge is 0.146 e. The molecule has 3 rings (SSSR count). The lowest BCUT2D eigenvalue weighted by molar-refractivity contribution is 0.602. The van der Waals surface area contributed by atoms with Crippen LogP contribution >= 0.6 is 11.6 Å². The Kier molecular flexibility index (Phi) is 3.95. The molecule has 21 heavy (non-hydrogen) atoms. The summed E-state index contributed by atoms with van der Waals surface area (Å²) in [6, 6.07) is 13.3. The van der Waals surface area contributed by atoms with Gasteiger partial charge in [0.15, 0.2) is 0 Å². The number of para-hydroxylation sites is 1. The molecule has 0 fully saturated rings. The summed E-state index contributed by atoms with van der Waals surface area (Å²) in [4.78, 5) is 0. The first-order valence-electron chi connectivity index (χ1n) is 6.90. The molecule has 2 aromatic carbocycles. The van der Waals surface area contributed by atoms with E-state index in [0.29, 0.717) is 18.7 Å². The number of aromatic nitrogens is 1. The predicted octanol–water partition coefficient (Wildman–Crippen LogP) is 3.98. The monoisotopic (exact) mass is 302 g/mol. The number of halogens is 2. The number of fused-ring (bicyclic) bond motifs is 1. The first-order valence-corrected chi connectivity index (χ1v) is 7.28. The molecule has 0 aliphatic heterocycles. The molecule has 3 aromatic rings. The average molecular weight is 303 g/mol. The van der Waals surface area contributed by atoms with E-state index in [4.69, 9.17) is 17.3 Å². The third kappa shape index (κ3) is 2.67. The first kappa shape index (κ1) is 14.1. The quantitative estimate of drug-likeness (QED) is 0.776. The molecule has 108 valence electrons. The SMILES string of the molecule is NCCc1cccc2ccn(Cc3cccc(Cl)c3F)c12. The Balaban J connectivity index is 2.06. The molecule has 0 radical (unpaired) electrons. The molecular weight excluding hydrogens is 287 g/mol. The van der Waals surface area contributed by atoms with Gasteiger partial charge in [0.2, 0.25) is 0 Å². The molecule has 1 heterocycles. The fourth-order valence-electron chi connectivity index (χ4n) is 2.68. The van der Waals surface area contributed by atoms with Gasteiger partial charge in [-0.15, -0.1) is 0 Å². The highest BCUT2D eigenvalue weighted by Gasteiger charge is 2.10. The van der Waals surface area contributed by atoms with Gasteiger partial charge in [0, 0.05) is 11.8 Å². The van der Waals surface area contributed by atoms with Gasteiger partial charge in [0.1, 0.15) is 5.82 Å². The molecule has 0 spiro atoms. The van der Waals surface area contributed by atoms with E-state index in [0.717, 1.165) is 17.3 Å². The van der Waals surface area contributed by atoms with Crippen LogP contribution < -0.4 is 5.73 Å². The third-order valence-corrected chi connectivity index (χ3v) is 3.95. The van der Waals surface area contributed by atoms with E-state index in [1.807, 2.05) is 18.3 Å². The Bertz CT molecular complexity index is 780. The number of nitrogens with zero attached hydrogens (tertiary/aromatic N) is 1. The number of benzene rings is 2. The molecule has 2 N–H and O–H groups in total. The van der Waals surface area contributed by atoms with Gasteiger partial charge in [-0.25, -0.2) is 4.39 Å². The van der Waals surface area contributed by atoms with Crippen LogP contribution in [0.25, 0.3) is 10.9 Å². The van der Waals surface area contributed by atoms with Crippen molar-refractivity contribution in [2.75, 3.05) is 6.54 Å². The number of rotatable bonds is 4. The van der Waals surface area contributed by atoms with E-state index in [2.05, 4.69) is 16.7 Å². The second-order valence-electron chi connectivity index (χ2n) is 5.05. The van der Waals surface area contributed by atoms with Crippen LogP contribution in [0.5, 0.6) is 0 Å². The van der Waals surface area contributed by atoms with Crippen molar-refractivity contribution in [1.82, 2.24) is 4.57 Å². The maximum Gasteiger partial charge on any atom is 0.146 e. The van der Waals surface area contributed by atoms with Crippen LogP contribution in [0.4, 0.5) is 4.39 Å². The van der Waals surface area contributed by atoms with Gasteiger partial charge in [-0.2, -0.15) is 0 Å². The van der Waals surface area contributed by atoms with Crippen molar-refractivity contribution >= 4 is 22.5 Å². The third-order valence-electron chi connectivity index (χ3n) is 3.66. The van der Waals surface area contributed by atoms with E-state index >= 15 is 0 Å². The van der Waals surface area contributed by atoms with Gasteiger partial charge in [-0.05, 0) is 36.0 Å². The summed E-state index contributed by atoms with van der Waals surface area (Å²) in [7, 11) is 0. The Morgan fingerprint density at radius 2 is 1.81 bits per heavy atom. The Morgan fingerprint density at radius 1 is 1.05 bits per heavy atom. The molecule has 0 aliphatic rings. The van der Waals surface area contributed by atoms with E-state index < -0.39 is 0 Å². The van der Waals surface area contributed by atoms with Crippen LogP contribution in [0.1, 0.15) is 11.1 Å². The maximum atomic E-state index is 14.1. The van der Waals surface area contributed by atoms with Gasteiger partial charge in [-0.1, -0.05) is 41.9 Å². The van der Waals surface area contributed by atoms with E-state index in [-0.39, 0.29) is 10.8 Å². The topological polar surface area (TPSA) is 30.9 Å². The maximum absolute atomic E-state index is 14.1. The van der Waals surface area contributed by atoms with Crippen LogP contribution in [0, 0.1) is 5.82 Å². The summed E-state index contributed by atoms with van der Waals surface area (Å²) in [5, 5.41) is 1.30. The average Bonchev–Trinajstić information content (AvgIpc) is 2.89. The van der Waals surface area contributed by atoms with Crippen molar-refractivity contribution in [3.8, 4) is 0 Å². The van der Waals surface area contributed by atoms with E-state index in [1.165, 1.54) is 5.56 Å². The molecule has 0 aliphatic carbocycles. The standard InChI is InChI=1S/C17H16ClFN2/c18-15-6-2-5-14(16(15)19)11-21-10-8-13-4-1-3-12(7-9-20)17(13)21/h1-6,8,10H,7,9,11,20H2. The Morgan fingerprint density at radius 3 is 2.62 bits per heavy atom. The largest absolute Gasteiger partial charge is 0.343 e. The highest BCUT2D eigenvalue weighted by Crippen LogP contribution is 2.24. The number of nitrogens with two attached hydrogens (primary N) is 1. The minimum absolute atomic E-state index is 0.158.